The lowest BCUT2D eigenvalue weighted by atomic mass is 10.1. The summed E-state index contributed by atoms with van der Waals surface area (Å²) in [5, 5.41) is 5.34. The molecule has 0 spiro atoms. The van der Waals surface area contributed by atoms with E-state index in [1.54, 1.807) is 18.2 Å². The average Bonchev–Trinajstić information content (AvgIpc) is 3.00. The van der Waals surface area contributed by atoms with Gasteiger partial charge in [-0.15, -0.1) is 0 Å². The van der Waals surface area contributed by atoms with Gasteiger partial charge in [-0.1, -0.05) is 30.3 Å². The minimum atomic E-state index is -3.37. The molecular weight excluding hydrogens is 378 g/mol. The first-order valence-corrected chi connectivity index (χ1v) is 10.8. The number of nitrogens with one attached hydrogen (secondary N) is 2. The van der Waals surface area contributed by atoms with Crippen molar-refractivity contribution in [2.75, 3.05) is 17.1 Å². The van der Waals surface area contributed by atoms with Crippen LogP contribution in [0.5, 0.6) is 0 Å². The standard InChI is InChI=1S/C20H23N3O4S/c1-14-10-17-11-16(8-9-18(17)23(14)28(2,26)27)20(25)22-13-19(24)21-12-15-6-4-3-5-7-15/h3-9,11,14H,10,12-13H2,1-2H3,(H,21,24)(H,22,25). The number of carbonyl (C=O) groups is 2. The molecule has 2 amide bonds. The smallest absolute Gasteiger partial charge is 0.251 e. The summed E-state index contributed by atoms with van der Waals surface area (Å²) < 4.78 is 25.3. The van der Waals surface area contributed by atoms with Gasteiger partial charge < -0.3 is 10.6 Å². The number of hydrogen-bond donors (Lipinski definition) is 2. The molecule has 0 saturated heterocycles. The molecule has 0 aromatic heterocycles. The second-order valence-corrected chi connectivity index (χ2v) is 8.76. The maximum absolute atomic E-state index is 12.4. The summed E-state index contributed by atoms with van der Waals surface area (Å²) >= 11 is 0. The lowest BCUT2D eigenvalue weighted by Gasteiger charge is -2.21. The number of carbonyl (C=O) groups excluding carboxylic acids is 2. The van der Waals surface area contributed by atoms with Crippen LogP contribution >= 0.6 is 0 Å². The van der Waals surface area contributed by atoms with Crippen molar-refractivity contribution in [1.82, 2.24) is 10.6 Å². The van der Waals surface area contributed by atoms with E-state index in [0.29, 0.717) is 24.2 Å². The second kappa shape index (κ2) is 8.02. The highest BCUT2D eigenvalue weighted by molar-refractivity contribution is 7.92. The van der Waals surface area contributed by atoms with Gasteiger partial charge in [-0.3, -0.25) is 13.9 Å². The molecule has 0 saturated carbocycles. The summed E-state index contributed by atoms with van der Waals surface area (Å²) in [7, 11) is -3.37. The third-order valence-electron chi connectivity index (χ3n) is 4.59. The normalized spacial score (nSPS) is 15.8. The first-order chi connectivity index (χ1) is 13.3. The molecule has 28 heavy (non-hydrogen) atoms. The fourth-order valence-corrected chi connectivity index (χ4v) is 4.63. The molecule has 1 aliphatic rings. The molecule has 0 aliphatic carbocycles. The van der Waals surface area contributed by atoms with E-state index in [0.717, 1.165) is 11.1 Å². The molecule has 2 N–H and O–H groups in total. The van der Waals surface area contributed by atoms with Crippen LogP contribution in [0.1, 0.15) is 28.4 Å². The predicted octanol–water partition coefficient (Wildman–Crippen LogP) is 1.44. The fourth-order valence-electron chi connectivity index (χ4n) is 3.37. The molecule has 1 unspecified atom stereocenters. The van der Waals surface area contributed by atoms with Crippen LogP contribution < -0.4 is 14.9 Å². The second-order valence-electron chi connectivity index (χ2n) is 6.90. The Bertz CT molecular complexity index is 990. The molecule has 0 fully saturated rings. The van der Waals surface area contributed by atoms with Gasteiger partial charge in [0.25, 0.3) is 5.91 Å². The molecule has 148 valence electrons. The van der Waals surface area contributed by atoms with Crippen molar-refractivity contribution in [3.63, 3.8) is 0 Å². The van der Waals surface area contributed by atoms with Crippen LogP contribution in [0.4, 0.5) is 5.69 Å². The molecule has 1 aliphatic heterocycles. The van der Waals surface area contributed by atoms with Gasteiger partial charge in [0.2, 0.25) is 15.9 Å². The topological polar surface area (TPSA) is 95.6 Å². The van der Waals surface area contributed by atoms with Crippen molar-refractivity contribution in [1.29, 1.82) is 0 Å². The molecule has 1 atom stereocenters. The Hall–Kier alpha value is -2.87. The first-order valence-electron chi connectivity index (χ1n) is 8.97. The highest BCUT2D eigenvalue weighted by Gasteiger charge is 2.32. The maximum Gasteiger partial charge on any atom is 0.251 e. The van der Waals surface area contributed by atoms with Gasteiger partial charge >= 0.3 is 0 Å². The number of nitrogens with zero attached hydrogens (tertiary/aromatic N) is 1. The maximum atomic E-state index is 12.4. The Morgan fingerprint density at radius 3 is 2.50 bits per heavy atom. The van der Waals surface area contributed by atoms with Crippen molar-refractivity contribution in [3.05, 3.63) is 65.2 Å². The summed E-state index contributed by atoms with van der Waals surface area (Å²) in [5.74, 6) is -0.654. The van der Waals surface area contributed by atoms with E-state index < -0.39 is 10.0 Å². The van der Waals surface area contributed by atoms with E-state index in [9.17, 15) is 18.0 Å². The van der Waals surface area contributed by atoms with Gasteiger partial charge in [0, 0.05) is 18.2 Å². The van der Waals surface area contributed by atoms with Crippen LogP contribution in [0.2, 0.25) is 0 Å². The first kappa shape index (κ1) is 19.9. The molecule has 0 bridgehead atoms. The Morgan fingerprint density at radius 1 is 1.11 bits per heavy atom. The van der Waals surface area contributed by atoms with Gasteiger partial charge in [0.15, 0.2) is 0 Å². The van der Waals surface area contributed by atoms with Crippen molar-refractivity contribution in [2.45, 2.75) is 25.9 Å². The number of fused-ring (bicyclic) bond motifs is 1. The Labute approximate surface area is 164 Å². The van der Waals surface area contributed by atoms with Crippen LogP contribution in [0.3, 0.4) is 0 Å². The predicted molar refractivity (Wildman–Crippen MR) is 108 cm³/mol. The zero-order chi connectivity index (χ0) is 20.3. The zero-order valence-corrected chi connectivity index (χ0v) is 16.6. The number of rotatable bonds is 6. The monoisotopic (exact) mass is 401 g/mol. The minimum Gasteiger partial charge on any atom is -0.350 e. The van der Waals surface area contributed by atoms with Gasteiger partial charge in [0.1, 0.15) is 0 Å². The molecular formula is C20H23N3O4S. The van der Waals surface area contributed by atoms with Crippen LogP contribution in [0.25, 0.3) is 0 Å². The van der Waals surface area contributed by atoms with Crippen molar-refractivity contribution < 1.29 is 18.0 Å². The van der Waals surface area contributed by atoms with E-state index in [2.05, 4.69) is 10.6 Å². The summed E-state index contributed by atoms with van der Waals surface area (Å²) in [5.41, 5.74) is 2.79. The van der Waals surface area contributed by atoms with Crippen LogP contribution in [-0.2, 0) is 27.8 Å². The highest BCUT2D eigenvalue weighted by atomic mass is 32.2. The largest absolute Gasteiger partial charge is 0.350 e. The van der Waals surface area contributed by atoms with Gasteiger partial charge in [-0.05, 0) is 42.7 Å². The molecule has 2 aromatic rings. The Balaban J connectivity index is 1.58. The van der Waals surface area contributed by atoms with E-state index in [1.165, 1.54) is 10.6 Å². The third kappa shape index (κ3) is 4.51. The number of amides is 2. The SMILES string of the molecule is CC1Cc2cc(C(=O)NCC(=O)NCc3ccccc3)ccc2N1S(C)(=O)=O. The molecule has 3 rings (SSSR count). The average molecular weight is 401 g/mol. The van der Waals surface area contributed by atoms with E-state index in [-0.39, 0.29) is 24.4 Å². The lowest BCUT2D eigenvalue weighted by molar-refractivity contribution is -0.120. The molecule has 7 nitrogen and oxygen atoms in total. The molecule has 2 aromatic carbocycles. The summed E-state index contributed by atoms with van der Waals surface area (Å²) in [6, 6.07) is 14.2. The van der Waals surface area contributed by atoms with Crippen molar-refractivity contribution in [3.8, 4) is 0 Å². The van der Waals surface area contributed by atoms with Gasteiger partial charge in [-0.2, -0.15) is 0 Å². The van der Waals surface area contributed by atoms with Crippen LogP contribution in [0, 0.1) is 0 Å². The van der Waals surface area contributed by atoms with E-state index in [4.69, 9.17) is 0 Å². The highest BCUT2D eigenvalue weighted by Crippen LogP contribution is 2.34. The molecule has 1 heterocycles. The fraction of sp³-hybridized carbons (Fsp3) is 0.300. The number of sulfonamides is 1. The number of hydrogen-bond acceptors (Lipinski definition) is 4. The summed E-state index contributed by atoms with van der Waals surface area (Å²) in [6.45, 7) is 2.10. The van der Waals surface area contributed by atoms with Gasteiger partial charge in [-0.25, -0.2) is 8.42 Å². The number of anilines is 1. The molecule has 0 radical (unpaired) electrons. The third-order valence-corrected chi connectivity index (χ3v) is 5.87. The van der Waals surface area contributed by atoms with Crippen molar-refractivity contribution >= 4 is 27.5 Å². The number of benzene rings is 2. The van der Waals surface area contributed by atoms with Crippen LogP contribution in [-0.4, -0.2) is 39.1 Å². The molecule has 8 heteroatoms. The summed E-state index contributed by atoms with van der Waals surface area (Å²) in [4.78, 5) is 24.3. The van der Waals surface area contributed by atoms with E-state index in [1.807, 2.05) is 37.3 Å². The van der Waals surface area contributed by atoms with Gasteiger partial charge in [0.05, 0.1) is 18.5 Å². The quantitative estimate of drug-likeness (QED) is 0.766. The summed E-state index contributed by atoms with van der Waals surface area (Å²) in [6.07, 6.45) is 1.72. The Kier molecular flexibility index (Phi) is 5.69. The Morgan fingerprint density at radius 2 is 1.82 bits per heavy atom. The zero-order valence-electron chi connectivity index (χ0n) is 15.8. The van der Waals surface area contributed by atoms with Crippen LogP contribution in [0.15, 0.2) is 48.5 Å². The van der Waals surface area contributed by atoms with E-state index >= 15 is 0 Å². The van der Waals surface area contributed by atoms with Crippen molar-refractivity contribution in [2.24, 2.45) is 0 Å². The minimum absolute atomic E-state index is 0.130. The lowest BCUT2D eigenvalue weighted by Crippen LogP contribution is -2.36.